The molecule has 1 aromatic rings. The lowest BCUT2D eigenvalue weighted by Gasteiger charge is -2.18. The summed E-state index contributed by atoms with van der Waals surface area (Å²) in [7, 11) is 0. The third-order valence-corrected chi connectivity index (χ3v) is 3.58. The molecule has 20 heavy (non-hydrogen) atoms. The average Bonchev–Trinajstić information content (AvgIpc) is 2.60. The van der Waals surface area contributed by atoms with Gasteiger partial charge in [-0.25, -0.2) is 0 Å². The van der Waals surface area contributed by atoms with Gasteiger partial charge in [-0.15, -0.1) is 0 Å². The van der Waals surface area contributed by atoms with Gasteiger partial charge in [0.1, 0.15) is 0 Å². The molecule has 1 N–H and O–H groups in total. The zero-order valence-corrected chi connectivity index (χ0v) is 12.4. The Hall–Kier alpha value is -1.68. The summed E-state index contributed by atoms with van der Waals surface area (Å²) in [4.78, 5) is 25.5. The maximum atomic E-state index is 12.2. The van der Waals surface area contributed by atoms with Crippen LogP contribution in [0, 0.1) is 5.41 Å². The molecular weight excluding hydrogens is 252 g/mol. The van der Waals surface area contributed by atoms with Gasteiger partial charge in [-0.1, -0.05) is 32.9 Å². The van der Waals surface area contributed by atoms with E-state index < -0.39 is 5.41 Å². The number of hydrogen-bond donors (Lipinski definition) is 1. The largest absolute Gasteiger partial charge is 0.313 e. The van der Waals surface area contributed by atoms with E-state index in [0.717, 1.165) is 25.1 Å². The quantitative estimate of drug-likeness (QED) is 0.663. The van der Waals surface area contributed by atoms with E-state index in [-0.39, 0.29) is 18.2 Å². The van der Waals surface area contributed by atoms with E-state index in [0.29, 0.717) is 5.69 Å². The number of hydrogen-bond acceptors (Lipinski definition) is 3. The Morgan fingerprint density at radius 2 is 1.85 bits per heavy atom. The number of nitrogens with zero attached hydrogens (tertiary/aromatic N) is 1. The van der Waals surface area contributed by atoms with Crippen LogP contribution in [0.25, 0.3) is 0 Å². The summed E-state index contributed by atoms with van der Waals surface area (Å²) in [5.41, 5.74) is 1.24. The molecule has 4 heteroatoms. The topological polar surface area (TPSA) is 49.4 Å². The number of amides is 2. The summed E-state index contributed by atoms with van der Waals surface area (Å²) in [6.07, 6.45) is 1.38. The maximum absolute atomic E-state index is 12.2. The molecule has 0 aliphatic carbocycles. The standard InChI is InChI=1S/C16H22N2O2/c1-4-9-17-11-12-5-7-13(8-6-12)18-14(19)10-16(2,3)15(18)20/h5-8,17H,4,9-11H2,1-3H3. The first-order valence-corrected chi connectivity index (χ1v) is 7.13. The maximum Gasteiger partial charge on any atom is 0.239 e. The molecule has 2 rings (SSSR count). The van der Waals surface area contributed by atoms with Gasteiger partial charge in [0.05, 0.1) is 11.1 Å². The van der Waals surface area contributed by atoms with Gasteiger partial charge in [0.15, 0.2) is 0 Å². The van der Waals surface area contributed by atoms with Crippen molar-refractivity contribution in [2.45, 2.75) is 40.2 Å². The van der Waals surface area contributed by atoms with Crippen molar-refractivity contribution in [3.63, 3.8) is 0 Å². The second kappa shape index (κ2) is 5.75. The number of carbonyl (C=O) groups excluding carboxylic acids is 2. The van der Waals surface area contributed by atoms with E-state index in [9.17, 15) is 9.59 Å². The summed E-state index contributed by atoms with van der Waals surface area (Å²) in [5, 5.41) is 3.32. The number of benzene rings is 1. The van der Waals surface area contributed by atoms with E-state index >= 15 is 0 Å². The second-order valence-electron chi connectivity index (χ2n) is 5.94. The third-order valence-electron chi connectivity index (χ3n) is 3.58. The minimum Gasteiger partial charge on any atom is -0.313 e. The molecule has 4 nitrogen and oxygen atoms in total. The lowest BCUT2D eigenvalue weighted by atomic mass is 9.92. The van der Waals surface area contributed by atoms with Crippen molar-refractivity contribution in [3.8, 4) is 0 Å². The number of nitrogens with one attached hydrogen (secondary N) is 1. The summed E-state index contributed by atoms with van der Waals surface area (Å²) in [6.45, 7) is 7.55. The average molecular weight is 274 g/mol. The van der Waals surface area contributed by atoms with E-state index in [1.807, 2.05) is 38.1 Å². The highest BCUT2D eigenvalue weighted by Crippen LogP contribution is 2.34. The van der Waals surface area contributed by atoms with Crippen molar-refractivity contribution in [3.05, 3.63) is 29.8 Å². The van der Waals surface area contributed by atoms with Gasteiger partial charge < -0.3 is 5.32 Å². The molecule has 0 unspecified atom stereocenters. The summed E-state index contributed by atoms with van der Waals surface area (Å²) < 4.78 is 0. The van der Waals surface area contributed by atoms with Crippen molar-refractivity contribution in [1.29, 1.82) is 0 Å². The highest BCUT2D eigenvalue weighted by molar-refractivity contribution is 6.22. The Morgan fingerprint density at radius 3 is 2.35 bits per heavy atom. The molecule has 1 aromatic carbocycles. The van der Waals surface area contributed by atoms with Gasteiger partial charge in [0.2, 0.25) is 11.8 Å². The van der Waals surface area contributed by atoms with Crippen LogP contribution >= 0.6 is 0 Å². The van der Waals surface area contributed by atoms with Gasteiger partial charge >= 0.3 is 0 Å². The summed E-state index contributed by atoms with van der Waals surface area (Å²) in [5.74, 6) is -0.226. The number of carbonyl (C=O) groups is 2. The van der Waals surface area contributed by atoms with Gasteiger partial charge in [0.25, 0.3) is 0 Å². The highest BCUT2D eigenvalue weighted by atomic mass is 16.2. The van der Waals surface area contributed by atoms with Crippen LogP contribution in [0.3, 0.4) is 0 Å². The van der Waals surface area contributed by atoms with E-state index in [4.69, 9.17) is 0 Å². The zero-order valence-electron chi connectivity index (χ0n) is 12.4. The fraction of sp³-hybridized carbons (Fsp3) is 0.500. The van der Waals surface area contributed by atoms with Gasteiger partial charge in [-0.3, -0.25) is 14.5 Å². The van der Waals surface area contributed by atoms with Crippen molar-refractivity contribution < 1.29 is 9.59 Å². The van der Waals surface area contributed by atoms with E-state index in [1.165, 1.54) is 4.90 Å². The Bertz CT molecular complexity index is 506. The molecule has 108 valence electrons. The molecule has 1 saturated heterocycles. The smallest absolute Gasteiger partial charge is 0.239 e. The molecular formula is C16H22N2O2. The molecule has 1 fully saturated rings. The number of imide groups is 1. The minimum absolute atomic E-state index is 0.112. The van der Waals surface area contributed by atoms with E-state index in [2.05, 4.69) is 12.2 Å². The Labute approximate surface area is 120 Å². The van der Waals surface area contributed by atoms with Crippen molar-refractivity contribution in [1.82, 2.24) is 5.32 Å². The van der Waals surface area contributed by atoms with Crippen molar-refractivity contribution >= 4 is 17.5 Å². The monoisotopic (exact) mass is 274 g/mol. The molecule has 1 heterocycles. The normalized spacial score (nSPS) is 17.9. The predicted molar refractivity (Wildman–Crippen MR) is 79.3 cm³/mol. The Kier molecular flexibility index (Phi) is 4.23. The van der Waals surface area contributed by atoms with Crippen LogP contribution in [0.15, 0.2) is 24.3 Å². The SMILES string of the molecule is CCCNCc1ccc(N2C(=O)CC(C)(C)C2=O)cc1. The first kappa shape index (κ1) is 14.7. The molecule has 0 atom stereocenters. The fourth-order valence-electron chi connectivity index (χ4n) is 2.38. The third kappa shape index (κ3) is 2.90. The molecule has 0 radical (unpaired) electrons. The van der Waals surface area contributed by atoms with Crippen LogP contribution in [0.1, 0.15) is 39.2 Å². The molecule has 0 spiro atoms. The van der Waals surface area contributed by atoms with Crippen LogP contribution in [0.4, 0.5) is 5.69 Å². The first-order valence-electron chi connectivity index (χ1n) is 7.13. The predicted octanol–water partition coefficient (Wildman–Crippen LogP) is 2.48. The van der Waals surface area contributed by atoms with Crippen LogP contribution in [-0.2, 0) is 16.1 Å². The first-order chi connectivity index (χ1) is 9.45. The molecule has 1 aliphatic heterocycles. The highest BCUT2D eigenvalue weighted by Gasteiger charge is 2.45. The summed E-state index contributed by atoms with van der Waals surface area (Å²) >= 11 is 0. The summed E-state index contributed by atoms with van der Waals surface area (Å²) in [6, 6.07) is 7.62. The van der Waals surface area contributed by atoms with Crippen LogP contribution < -0.4 is 10.2 Å². The van der Waals surface area contributed by atoms with Crippen molar-refractivity contribution in [2.24, 2.45) is 5.41 Å². The molecule has 0 bridgehead atoms. The number of rotatable bonds is 5. The molecule has 0 saturated carbocycles. The van der Waals surface area contributed by atoms with Crippen LogP contribution in [0.5, 0.6) is 0 Å². The van der Waals surface area contributed by atoms with E-state index in [1.54, 1.807) is 0 Å². The Balaban J connectivity index is 2.10. The van der Waals surface area contributed by atoms with Gasteiger partial charge in [-0.05, 0) is 30.7 Å². The molecule has 1 aliphatic rings. The minimum atomic E-state index is -0.585. The zero-order chi connectivity index (χ0) is 14.8. The molecule has 2 amide bonds. The van der Waals surface area contributed by atoms with Crippen molar-refractivity contribution in [2.75, 3.05) is 11.4 Å². The number of anilines is 1. The van der Waals surface area contributed by atoms with Gasteiger partial charge in [0, 0.05) is 13.0 Å². The second-order valence-corrected chi connectivity index (χ2v) is 5.94. The lowest BCUT2D eigenvalue weighted by Crippen LogP contribution is -2.32. The van der Waals surface area contributed by atoms with Gasteiger partial charge in [-0.2, -0.15) is 0 Å². The molecule has 0 aromatic heterocycles. The van der Waals surface area contributed by atoms with Crippen LogP contribution in [0.2, 0.25) is 0 Å². The Morgan fingerprint density at radius 1 is 1.20 bits per heavy atom. The van der Waals surface area contributed by atoms with Crippen LogP contribution in [-0.4, -0.2) is 18.4 Å². The fourth-order valence-corrected chi connectivity index (χ4v) is 2.38. The lowest BCUT2D eigenvalue weighted by molar-refractivity contribution is -0.124.